The molecule has 2 aliphatic rings. The maximum absolute atomic E-state index is 12.7. The number of hydrogen-bond acceptors (Lipinski definition) is 5. The molecule has 0 spiro atoms. The third kappa shape index (κ3) is 4.23. The molecule has 1 N–H and O–H groups in total. The molecule has 0 amide bonds. The maximum Gasteiger partial charge on any atom is 0.157 e. The molecule has 0 bridgehead atoms. The number of benzene rings is 1. The van der Waals surface area contributed by atoms with Crippen LogP contribution in [-0.2, 0) is 15.6 Å². The lowest BCUT2D eigenvalue weighted by Gasteiger charge is -2.21. The van der Waals surface area contributed by atoms with Crippen molar-refractivity contribution in [3.8, 4) is 0 Å². The molecule has 138 valence electrons. The SMILES string of the molecule is O=S(=O)(Cc1cccc(Nc2ccnc(C3CC3)n2)c1)C1CCCCC1. The third-order valence-electron chi connectivity index (χ3n) is 5.24. The Morgan fingerprint density at radius 1 is 1.04 bits per heavy atom. The Morgan fingerprint density at radius 2 is 1.85 bits per heavy atom. The summed E-state index contributed by atoms with van der Waals surface area (Å²) < 4.78 is 25.4. The summed E-state index contributed by atoms with van der Waals surface area (Å²) in [5.41, 5.74) is 1.69. The molecule has 2 aromatic rings. The van der Waals surface area contributed by atoms with E-state index >= 15 is 0 Å². The molecule has 6 heteroatoms. The number of sulfone groups is 1. The van der Waals surface area contributed by atoms with E-state index in [1.807, 2.05) is 30.3 Å². The zero-order valence-corrected chi connectivity index (χ0v) is 15.7. The molecule has 0 atom stereocenters. The summed E-state index contributed by atoms with van der Waals surface area (Å²) in [6.07, 6.45) is 8.95. The smallest absolute Gasteiger partial charge is 0.157 e. The second kappa shape index (κ2) is 7.35. The highest BCUT2D eigenvalue weighted by atomic mass is 32.2. The average Bonchev–Trinajstić information content (AvgIpc) is 3.48. The molecular formula is C20H25N3O2S. The molecule has 2 saturated carbocycles. The summed E-state index contributed by atoms with van der Waals surface area (Å²) in [5, 5.41) is 3.12. The lowest BCUT2D eigenvalue weighted by atomic mass is 10.0. The van der Waals surface area contributed by atoms with E-state index in [1.165, 1.54) is 0 Å². The number of rotatable bonds is 6. The first-order valence-corrected chi connectivity index (χ1v) is 11.2. The van der Waals surface area contributed by atoms with Crippen LogP contribution in [0.2, 0.25) is 0 Å². The Kier molecular flexibility index (Phi) is 4.94. The van der Waals surface area contributed by atoms with Gasteiger partial charge in [0.05, 0.1) is 11.0 Å². The van der Waals surface area contributed by atoms with Gasteiger partial charge in [0.2, 0.25) is 0 Å². The topological polar surface area (TPSA) is 72.0 Å². The standard InChI is InChI=1S/C20H25N3O2S/c24-26(25,18-7-2-1-3-8-18)14-15-5-4-6-17(13-15)22-19-11-12-21-20(23-19)16-9-10-16/h4-6,11-13,16,18H,1-3,7-10,14H2,(H,21,22,23). The van der Waals surface area contributed by atoms with Crippen LogP contribution in [0, 0.1) is 0 Å². The van der Waals surface area contributed by atoms with Crippen molar-refractivity contribution in [2.24, 2.45) is 0 Å². The van der Waals surface area contributed by atoms with Gasteiger partial charge in [-0.15, -0.1) is 0 Å². The van der Waals surface area contributed by atoms with Crippen LogP contribution >= 0.6 is 0 Å². The monoisotopic (exact) mass is 371 g/mol. The number of hydrogen-bond donors (Lipinski definition) is 1. The van der Waals surface area contributed by atoms with Crippen LogP contribution in [0.1, 0.15) is 62.3 Å². The summed E-state index contributed by atoms with van der Waals surface area (Å²) in [7, 11) is -3.09. The van der Waals surface area contributed by atoms with E-state index < -0.39 is 9.84 Å². The molecule has 1 aromatic heterocycles. The summed E-state index contributed by atoms with van der Waals surface area (Å²) in [4.78, 5) is 8.90. The summed E-state index contributed by atoms with van der Waals surface area (Å²) >= 11 is 0. The second-order valence-electron chi connectivity index (χ2n) is 7.47. The Bertz CT molecular complexity index is 872. The fourth-order valence-electron chi connectivity index (χ4n) is 3.64. The van der Waals surface area contributed by atoms with Crippen molar-refractivity contribution in [3.63, 3.8) is 0 Å². The molecule has 0 unspecified atom stereocenters. The van der Waals surface area contributed by atoms with E-state index in [0.29, 0.717) is 5.92 Å². The summed E-state index contributed by atoms with van der Waals surface area (Å²) in [5.74, 6) is 2.27. The van der Waals surface area contributed by atoms with E-state index in [2.05, 4.69) is 15.3 Å². The predicted molar refractivity (Wildman–Crippen MR) is 103 cm³/mol. The van der Waals surface area contributed by atoms with Gasteiger partial charge >= 0.3 is 0 Å². The Balaban J connectivity index is 1.47. The fourth-order valence-corrected chi connectivity index (χ4v) is 5.57. The Labute approximate surface area is 155 Å². The molecular weight excluding hydrogens is 346 g/mol. The highest BCUT2D eigenvalue weighted by Crippen LogP contribution is 2.38. The molecule has 0 aliphatic heterocycles. The van der Waals surface area contributed by atoms with Crippen LogP contribution in [0.25, 0.3) is 0 Å². The van der Waals surface area contributed by atoms with Crippen molar-refractivity contribution < 1.29 is 8.42 Å². The van der Waals surface area contributed by atoms with E-state index in [1.54, 1.807) is 6.20 Å². The maximum atomic E-state index is 12.7. The largest absolute Gasteiger partial charge is 0.340 e. The molecule has 5 nitrogen and oxygen atoms in total. The summed E-state index contributed by atoms with van der Waals surface area (Å²) in [6, 6.07) is 9.49. The van der Waals surface area contributed by atoms with Crippen LogP contribution in [0.4, 0.5) is 11.5 Å². The van der Waals surface area contributed by atoms with E-state index in [0.717, 1.165) is 67.8 Å². The van der Waals surface area contributed by atoms with Gasteiger partial charge < -0.3 is 5.32 Å². The minimum Gasteiger partial charge on any atom is -0.340 e. The quantitative estimate of drug-likeness (QED) is 0.817. The molecule has 1 aromatic carbocycles. The van der Waals surface area contributed by atoms with Gasteiger partial charge in [-0.25, -0.2) is 18.4 Å². The van der Waals surface area contributed by atoms with Crippen molar-refractivity contribution in [2.45, 2.75) is 61.9 Å². The summed E-state index contributed by atoms with van der Waals surface area (Å²) in [6.45, 7) is 0. The van der Waals surface area contributed by atoms with Gasteiger partial charge in [0, 0.05) is 17.8 Å². The number of nitrogens with one attached hydrogen (secondary N) is 1. The van der Waals surface area contributed by atoms with Gasteiger partial charge in [0.15, 0.2) is 9.84 Å². The van der Waals surface area contributed by atoms with Crippen LogP contribution < -0.4 is 5.32 Å². The van der Waals surface area contributed by atoms with Gasteiger partial charge in [0.25, 0.3) is 0 Å². The number of aromatic nitrogens is 2. The second-order valence-corrected chi connectivity index (χ2v) is 9.75. The zero-order valence-electron chi connectivity index (χ0n) is 14.9. The van der Waals surface area contributed by atoms with E-state index in [9.17, 15) is 8.42 Å². The van der Waals surface area contributed by atoms with Gasteiger partial charge in [-0.3, -0.25) is 0 Å². The van der Waals surface area contributed by atoms with Gasteiger partial charge in [-0.05, 0) is 49.4 Å². The van der Waals surface area contributed by atoms with Crippen molar-refractivity contribution in [3.05, 3.63) is 47.9 Å². The average molecular weight is 372 g/mol. The zero-order chi connectivity index (χ0) is 18.0. The van der Waals surface area contributed by atoms with E-state index in [-0.39, 0.29) is 11.0 Å². The minimum atomic E-state index is -3.09. The Morgan fingerprint density at radius 3 is 2.62 bits per heavy atom. The molecule has 1 heterocycles. The molecule has 2 aliphatic carbocycles. The molecule has 2 fully saturated rings. The lowest BCUT2D eigenvalue weighted by molar-refractivity contribution is 0.483. The van der Waals surface area contributed by atoms with Gasteiger partial charge in [-0.1, -0.05) is 31.4 Å². The predicted octanol–water partition coefficient (Wildman–Crippen LogP) is 4.35. The first kappa shape index (κ1) is 17.5. The first-order valence-electron chi connectivity index (χ1n) is 9.51. The molecule has 26 heavy (non-hydrogen) atoms. The number of anilines is 2. The van der Waals surface area contributed by atoms with Crippen LogP contribution in [0.15, 0.2) is 36.5 Å². The third-order valence-corrected chi connectivity index (χ3v) is 7.47. The van der Waals surface area contributed by atoms with Crippen molar-refractivity contribution in [1.29, 1.82) is 0 Å². The van der Waals surface area contributed by atoms with Gasteiger partial charge in [0.1, 0.15) is 11.6 Å². The highest BCUT2D eigenvalue weighted by Gasteiger charge is 2.28. The minimum absolute atomic E-state index is 0.115. The van der Waals surface area contributed by atoms with Crippen LogP contribution in [0.3, 0.4) is 0 Å². The van der Waals surface area contributed by atoms with Crippen molar-refractivity contribution in [2.75, 3.05) is 5.32 Å². The first-order chi connectivity index (χ1) is 12.6. The van der Waals surface area contributed by atoms with Crippen LogP contribution in [0.5, 0.6) is 0 Å². The molecule has 0 radical (unpaired) electrons. The fraction of sp³-hybridized carbons (Fsp3) is 0.500. The number of nitrogens with zero attached hydrogens (tertiary/aromatic N) is 2. The van der Waals surface area contributed by atoms with E-state index in [4.69, 9.17) is 0 Å². The van der Waals surface area contributed by atoms with Crippen molar-refractivity contribution >= 4 is 21.3 Å². The van der Waals surface area contributed by atoms with Crippen molar-refractivity contribution in [1.82, 2.24) is 9.97 Å². The lowest BCUT2D eigenvalue weighted by Crippen LogP contribution is -2.25. The highest BCUT2D eigenvalue weighted by molar-refractivity contribution is 7.91. The van der Waals surface area contributed by atoms with Crippen LogP contribution in [-0.4, -0.2) is 23.6 Å². The molecule has 4 rings (SSSR count). The van der Waals surface area contributed by atoms with Gasteiger partial charge in [-0.2, -0.15) is 0 Å². The normalized spacial score (nSPS) is 18.6. The Hall–Kier alpha value is -1.95. The molecule has 0 saturated heterocycles.